The number of ketones is 1. The van der Waals surface area contributed by atoms with Gasteiger partial charge >= 0.3 is 12.1 Å². The van der Waals surface area contributed by atoms with Crippen LogP contribution in [0.5, 0.6) is 0 Å². The van der Waals surface area contributed by atoms with Crippen LogP contribution in [-0.2, 0) is 25.8 Å². The zero-order chi connectivity index (χ0) is 32.3. The van der Waals surface area contributed by atoms with Crippen LogP contribution in [0.3, 0.4) is 0 Å². The number of rotatable bonds is 15. The number of carbonyl (C=O) groups excluding carboxylic acids is 4. The molecule has 0 unspecified atom stereocenters. The van der Waals surface area contributed by atoms with E-state index in [-0.39, 0.29) is 49.7 Å². The van der Waals surface area contributed by atoms with Crippen LogP contribution in [0.25, 0.3) is 11.1 Å². The number of ether oxygens (including phenoxy) is 1. The number of primary amides is 1. The van der Waals surface area contributed by atoms with Crippen molar-refractivity contribution in [2.24, 2.45) is 23.5 Å². The first-order valence-electron chi connectivity index (χ1n) is 15.1. The topological polar surface area (TPSA) is 175 Å². The Labute approximate surface area is 263 Å². The molecule has 0 saturated carbocycles. The largest absolute Gasteiger partial charge is 0.449 e. The Bertz CT molecular complexity index is 1450. The highest BCUT2D eigenvalue weighted by molar-refractivity contribution is 5.97. The van der Waals surface area contributed by atoms with Crippen LogP contribution in [0, 0.1) is 11.8 Å². The number of amides is 4. The van der Waals surface area contributed by atoms with E-state index in [0.717, 1.165) is 27.8 Å². The summed E-state index contributed by atoms with van der Waals surface area (Å²) >= 11 is 0. The zero-order valence-electron chi connectivity index (χ0n) is 25.6. The monoisotopic (exact) mass is 615 g/mol. The van der Waals surface area contributed by atoms with Crippen molar-refractivity contribution in [2.45, 2.75) is 51.7 Å². The highest BCUT2D eigenvalue weighted by Gasteiger charge is 2.32. The number of nitrogens with two attached hydrogens (primary N) is 2. The van der Waals surface area contributed by atoms with Gasteiger partial charge in [-0.2, -0.15) is 0 Å². The number of anilines is 1. The summed E-state index contributed by atoms with van der Waals surface area (Å²) in [6.07, 6.45) is -0.0781. The third-order valence-electron chi connectivity index (χ3n) is 7.95. The Morgan fingerprint density at radius 3 is 2.09 bits per heavy atom. The maximum Gasteiger partial charge on any atom is 0.407 e. The minimum Gasteiger partial charge on any atom is -0.449 e. The number of carbonyl (C=O) groups is 4. The van der Waals surface area contributed by atoms with E-state index in [4.69, 9.17) is 16.4 Å². The molecule has 0 radical (unpaired) electrons. The summed E-state index contributed by atoms with van der Waals surface area (Å²) in [5, 5.41) is 8.10. The first-order chi connectivity index (χ1) is 21.7. The van der Waals surface area contributed by atoms with E-state index in [9.17, 15) is 19.2 Å². The van der Waals surface area contributed by atoms with Crippen LogP contribution >= 0.6 is 0 Å². The second-order valence-corrected chi connectivity index (χ2v) is 11.5. The Balaban J connectivity index is 1.39. The summed E-state index contributed by atoms with van der Waals surface area (Å²) in [5.41, 5.74) is 11.0. The van der Waals surface area contributed by atoms with E-state index in [1.807, 2.05) is 50.2 Å². The number of alkyl carbamates (subject to hydrolysis) is 1. The molecule has 0 bridgehead atoms. The van der Waals surface area contributed by atoms with Crippen LogP contribution in [0.4, 0.5) is 15.3 Å². The van der Waals surface area contributed by atoms with Crippen molar-refractivity contribution in [1.82, 2.24) is 10.6 Å². The molecule has 1 aliphatic rings. The summed E-state index contributed by atoms with van der Waals surface area (Å²) in [4.78, 5) is 55.7. The normalized spacial score (nSPS) is 13.3. The average molecular weight is 616 g/mol. The van der Waals surface area contributed by atoms with Crippen LogP contribution in [0.15, 0.2) is 72.8 Å². The van der Waals surface area contributed by atoms with Gasteiger partial charge < -0.3 is 26.4 Å². The molecule has 4 amide bonds. The Hall–Kier alpha value is -4.74. The lowest BCUT2D eigenvalue weighted by atomic mass is 9.89. The number of urea groups is 1. The molecule has 3 aromatic rings. The van der Waals surface area contributed by atoms with Gasteiger partial charge in [0.25, 0.3) is 0 Å². The van der Waals surface area contributed by atoms with Crippen LogP contribution in [0.2, 0.25) is 0 Å². The molecule has 0 fully saturated rings. The SMILES string of the molecule is CC(C)[C@H](NC(=O)OCC1c2ccccc2-c2ccccc21)C(=O)C[C@@H](CCCNC(N)=O)C(=O)Nc1ccc(CON)cc1. The Kier molecular flexibility index (Phi) is 11.7. The molecular formula is C34H41N5O6. The fourth-order valence-corrected chi connectivity index (χ4v) is 5.67. The molecule has 7 N–H and O–H groups in total. The molecule has 0 heterocycles. The molecule has 0 spiro atoms. The fraction of sp³-hybridized carbons (Fsp3) is 0.353. The third-order valence-corrected chi connectivity index (χ3v) is 7.95. The average Bonchev–Trinajstić information content (AvgIpc) is 3.34. The van der Waals surface area contributed by atoms with Gasteiger partial charge in [-0.05, 0) is 58.7 Å². The summed E-state index contributed by atoms with van der Waals surface area (Å²) in [5.74, 6) is 3.39. The lowest BCUT2D eigenvalue weighted by Gasteiger charge is -2.24. The van der Waals surface area contributed by atoms with Gasteiger partial charge in [0, 0.05) is 30.5 Å². The molecule has 2 atom stereocenters. The summed E-state index contributed by atoms with van der Waals surface area (Å²) in [6.45, 7) is 4.25. The zero-order valence-corrected chi connectivity index (χ0v) is 25.6. The van der Waals surface area contributed by atoms with Crippen molar-refractivity contribution in [3.63, 3.8) is 0 Å². The molecule has 45 heavy (non-hydrogen) atoms. The Morgan fingerprint density at radius 2 is 1.51 bits per heavy atom. The summed E-state index contributed by atoms with van der Waals surface area (Å²) in [6, 6.07) is 21.5. The van der Waals surface area contributed by atoms with Crippen molar-refractivity contribution in [3.05, 3.63) is 89.5 Å². The second-order valence-electron chi connectivity index (χ2n) is 11.5. The summed E-state index contributed by atoms with van der Waals surface area (Å²) in [7, 11) is 0. The standard InChI is InChI=1S/C34H41N5O6/c1-21(2)31(39-34(43)44-20-29-27-11-5-3-9-25(27)26-10-4-6-12-28(26)29)30(40)18-23(8-7-17-37-33(35)42)32(41)38-24-15-13-22(14-16-24)19-45-36/h3-6,9-16,21,23,29,31H,7-8,17-20,36H2,1-2H3,(H,38,41)(H,39,43)(H3,35,37,42)/t23-,31+/m1/s1. The molecule has 3 aromatic carbocycles. The number of fused-ring (bicyclic) bond motifs is 3. The molecule has 4 rings (SSSR count). The number of Topliss-reactive ketones (excluding diaryl/α,β-unsaturated/α-hetero) is 1. The van der Waals surface area contributed by atoms with Gasteiger partial charge in [-0.15, -0.1) is 0 Å². The van der Waals surface area contributed by atoms with Crippen LogP contribution in [-0.4, -0.2) is 43.0 Å². The Morgan fingerprint density at radius 1 is 0.889 bits per heavy atom. The van der Waals surface area contributed by atoms with Crippen LogP contribution < -0.4 is 27.6 Å². The quantitative estimate of drug-likeness (QED) is 0.123. The minimum absolute atomic E-state index is 0.115. The highest BCUT2D eigenvalue weighted by atomic mass is 16.6. The first kappa shape index (κ1) is 33.2. The molecule has 0 saturated heterocycles. The van der Waals surface area contributed by atoms with E-state index in [1.54, 1.807) is 24.3 Å². The highest BCUT2D eigenvalue weighted by Crippen LogP contribution is 2.44. The maximum atomic E-state index is 13.6. The molecule has 0 aromatic heterocycles. The molecular weight excluding hydrogens is 574 g/mol. The third kappa shape index (κ3) is 8.90. The smallest absolute Gasteiger partial charge is 0.407 e. The van der Waals surface area contributed by atoms with Gasteiger partial charge in [0.15, 0.2) is 5.78 Å². The van der Waals surface area contributed by atoms with Crippen molar-refractivity contribution in [3.8, 4) is 11.1 Å². The van der Waals surface area contributed by atoms with Crippen molar-refractivity contribution >= 4 is 29.5 Å². The lowest BCUT2D eigenvalue weighted by molar-refractivity contribution is -0.128. The lowest BCUT2D eigenvalue weighted by Crippen LogP contribution is -2.46. The van der Waals surface area contributed by atoms with Gasteiger partial charge in [-0.3, -0.25) is 14.4 Å². The fourth-order valence-electron chi connectivity index (χ4n) is 5.67. The van der Waals surface area contributed by atoms with Gasteiger partial charge in [-0.1, -0.05) is 74.5 Å². The number of benzene rings is 3. The predicted octanol–water partition coefficient (Wildman–Crippen LogP) is 4.60. The first-order valence-corrected chi connectivity index (χ1v) is 15.1. The molecule has 238 valence electrons. The maximum absolute atomic E-state index is 13.6. The van der Waals surface area contributed by atoms with Gasteiger partial charge in [-0.25, -0.2) is 15.5 Å². The second kappa shape index (κ2) is 15.8. The van der Waals surface area contributed by atoms with E-state index in [1.165, 1.54) is 0 Å². The van der Waals surface area contributed by atoms with Gasteiger partial charge in [0.05, 0.1) is 12.6 Å². The van der Waals surface area contributed by atoms with E-state index in [2.05, 4.69) is 32.9 Å². The molecule has 1 aliphatic carbocycles. The van der Waals surface area contributed by atoms with E-state index in [0.29, 0.717) is 18.5 Å². The van der Waals surface area contributed by atoms with E-state index >= 15 is 0 Å². The summed E-state index contributed by atoms with van der Waals surface area (Å²) < 4.78 is 5.68. The molecule has 11 nitrogen and oxygen atoms in total. The van der Waals surface area contributed by atoms with Crippen molar-refractivity contribution < 1.29 is 28.8 Å². The predicted molar refractivity (Wildman–Crippen MR) is 171 cm³/mol. The minimum atomic E-state index is -0.866. The van der Waals surface area contributed by atoms with E-state index < -0.39 is 24.1 Å². The number of hydrogen-bond acceptors (Lipinski definition) is 7. The van der Waals surface area contributed by atoms with Crippen molar-refractivity contribution in [2.75, 3.05) is 18.5 Å². The van der Waals surface area contributed by atoms with Gasteiger partial charge in [0.2, 0.25) is 5.91 Å². The van der Waals surface area contributed by atoms with Gasteiger partial charge in [0.1, 0.15) is 6.61 Å². The number of nitrogens with one attached hydrogen (secondary N) is 3. The van der Waals surface area contributed by atoms with Crippen LogP contribution in [0.1, 0.15) is 55.7 Å². The number of hydrogen-bond donors (Lipinski definition) is 5. The van der Waals surface area contributed by atoms with Crippen molar-refractivity contribution in [1.29, 1.82) is 0 Å². The molecule has 11 heteroatoms. The molecule has 0 aliphatic heterocycles.